The molecule has 0 aliphatic carbocycles. The summed E-state index contributed by atoms with van der Waals surface area (Å²) in [5.41, 5.74) is 1.46. The van der Waals surface area contributed by atoms with Gasteiger partial charge in [0.1, 0.15) is 5.82 Å². The lowest BCUT2D eigenvalue weighted by Crippen LogP contribution is -2.14. The molecule has 0 fully saturated rings. The monoisotopic (exact) mass is 347 g/mol. The third-order valence-corrected chi connectivity index (χ3v) is 4.58. The van der Waals surface area contributed by atoms with E-state index in [0.29, 0.717) is 16.8 Å². The van der Waals surface area contributed by atoms with Crippen molar-refractivity contribution >= 4 is 15.7 Å². The number of nitrogens with one attached hydrogen (secondary N) is 1. The lowest BCUT2D eigenvalue weighted by molar-refractivity contribution is 0.432. The molecule has 2 aromatic carbocycles. The Morgan fingerprint density at radius 2 is 1.88 bits per heavy atom. The molecule has 0 aliphatic rings. The Morgan fingerprint density at radius 1 is 1.12 bits per heavy atom. The van der Waals surface area contributed by atoms with Crippen LogP contribution in [0.4, 0.5) is 10.1 Å². The molecule has 0 spiro atoms. The molecule has 8 heteroatoms. The maximum Gasteiger partial charge on any atom is 0.258 e. The Kier molecular flexibility index (Phi) is 4.30. The first-order valence-electron chi connectivity index (χ1n) is 7.17. The van der Waals surface area contributed by atoms with E-state index in [4.69, 9.17) is 4.52 Å². The maximum absolute atomic E-state index is 13.3. The summed E-state index contributed by atoms with van der Waals surface area (Å²) in [6, 6.07) is 12.5. The fourth-order valence-electron chi connectivity index (χ4n) is 2.05. The third kappa shape index (κ3) is 3.60. The largest absolute Gasteiger partial charge is 0.334 e. The van der Waals surface area contributed by atoms with E-state index in [2.05, 4.69) is 14.9 Å². The topological polar surface area (TPSA) is 85.1 Å². The standard InChI is InChI=1S/C16H14FN3O3S/c1-2-24(21,22)20-14-8-4-5-11(10-14)15-18-16(23-19-15)12-6-3-7-13(17)9-12/h3-10,20H,2H2,1H3. The minimum absolute atomic E-state index is 0.0246. The highest BCUT2D eigenvalue weighted by atomic mass is 32.2. The summed E-state index contributed by atoms with van der Waals surface area (Å²) in [5.74, 6) is 0.0439. The second-order valence-corrected chi connectivity index (χ2v) is 7.03. The molecule has 24 heavy (non-hydrogen) atoms. The van der Waals surface area contributed by atoms with Gasteiger partial charge in [-0.15, -0.1) is 0 Å². The number of sulfonamides is 1. The van der Waals surface area contributed by atoms with Crippen LogP contribution in [-0.2, 0) is 10.0 Å². The molecule has 0 unspecified atom stereocenters. The molecule has 3 rings (SSSR count). The van der Waals surface area contributed by atoms with Crippen LogP contribution in [0.25, 0.3) is 22.8 Å². The first kappa shape index (κ1) is 16.1. The van der Waals surface area contributed by atoms with Crippen molar-refractivity contribution in [1.29, 1.82) is 0 Å². The SMILES string of the molecule is CCS(=O)(=O)Nc1cccc(-c2noc(-c3cccc(F)c3)n2)c1. The van der Waals surface area contributed by atoms with Gasteiger partial charge in [0, 0.05) is 16.8 Å². The van der Waals surface area contributed by atoms with Gasteiger partial charge in [-0.05, 0) is 37.3 Å². The van der Waals surface area contributed by atoms with Crippen molar-refractivity contribution in [3.8, 4) is 22.8 Å². The summed E-state index contributed by atoms with van der Waals surface area (Å²) < 4.78 is 44.2. The minimum atomic E-state index is -3.37. The summed E-state index contributed by atoms with van der Waals surface area (Å²) in [6.45, 7) is 1.55. The number of aromatic nitrogens is 2. The molecule has 3 aromatic rings. The predicted octanol–water partition coefficient (Wildman–Crippen LogP) is 3.30. The number of halogens is 1. The molecule has 1 aromatic heterocycles. The molecule has 6 nitrogen and oxygen atoms in total. The van der Waals surface area contributed by atoms with Crippen LogP contribution in [0, 0.1) is 5.82 Å². The van der Waals surface area contributed by atoms with Crippen LogP contribution in [0.15, 0.2) is 53.1 Å². The van der Waals surface area contributed by atoms with Crippen LogP contribution >= 0.6 is 0 Å². The molecular formula is C16H14FN3O3S. The quantitative estimate of drug-likeness (QED) is 0.765. The number of hydrogen-bond acceptors (Lipinski definition) is 5. The molecule has 0 bridgehead atoms. The zero-order valence-corrected chi connectivity index (χ0v) is 13.5. The average Bonchev–Trinajstić information content (AvgIpc) is 3.05. The molecule has 0 saturated carbocycles. The number of benzene rings is 2. The number of nitrogens with zero attached hydrogens (tertiary/aromatic N) is 2. The molecular weight excluding hydrogens is 333 g/mol. The third-order valence-electron chi connectivity index (χ3n) is 3.27. The van der Waals surface area contributed by atoms with Crippen LogP contribution in [0.2, 0.25) is 0 Å². The van der Waals surface area contributed by atoms with Crippen molar-refractivity contribution in [3.63, 3.8) is 0 Å². The van der Waals surface area contributed by atoms with Gasteiger partial charge in [0.25, 0.3) is 5.89 Å². The van der Waals surface area contributed by atoms with E-state index in [9.17, 15) is 12.8 Å². The van der Waals surface area contributed by atoms with Crippen LogP contribution in [-0.4, -0.2) is 24.3 Å². The lowest BCUT2D eigenvalue weighted by Gasteiger charge is -2.06. The van der Waals surface area contributed by atoms with Crippen LogP contribution < -0.4 is 4.72 Å². The van der Waals surface area contributed by atoms with E-state index >= 15 is 0 Å². The minimum Gasteiger partial charge on any atom is -0.334 e. The Morgan fingerprint density at radius 3 is 2.62 bits per heavy atom. The molecule has 1 heterocycles. The zero-order chi connectivity index (χ0) is 17.2. The molecule has 0 amide bonds. The fourth-order valence-corrected chi connectivity index (χ4v) is 2.68. The highest BCUT2D eigenvalue weighted by Crippen LogP contribution is 2.24. The molecule has 0 saturated heterocycles. The van der Waals surface area contributed by atoms with Gasteiger partial charge in [-0.25, -0.2) is 12.8 Å². The van der Waals surface area contributed by atoms with E-state index in [0.717, 1.165) is 0 Å². The van der Waals surface area contributed by atoms with Gasteiger partial charge in [-0.1, -0.05) is 23.4 Å². The van der Waals surface area contributed by atoms with E-state index in [1.165, 1.54) is 12.1 Å². The van der Waals surface area contributed by atoms with E-state index in [-0.39, 0.29) is 17.5 Å². The van der Waals surface area contributed by atoms with Crippen molar-refractivity contribution in [2.75, 3.05) is 10.5 Å². The van der Waals surface area contributed by atoms with Gasteiger partial charge in [-0.3, -0.25) is 4.72 Å². The molecule has 0 radical (unpaired) electrons. The van der Waals surface area contributed by atoms with Crippen LogP contribution in [0.5, 0.6) is 0 Å². The zero-order valence-electron chi connectivity index (χ0n) is 12.7. The summed E-state index contributed by atoms with van der Waals surface area (Å²) >= 11 is 0. The second-order valence-electron chi connectivity index (χ2n) is 5.02. The van der Waals surface area contributed by atoms with Gasteiger partial charge in [-0.2, -0.15) is 4.98 Å². The maximum atomic E-state index is 13.3. The van der Waals surface area contributed by atoms with Crippen LogP contribution in [0.3, 0.4) is 0 Å². The smallest absolute Gasteiger partial charge is 0.258 e. The number of hydrogen-bond donors (Lipinski definition) is 1. The highest BCUT2D eigenvalue weighted by Gasteiger charge is 2.13. The normalized spacial score (nSPS) is 11.4. The molecule has 0 aliphatic heterocycles. The summed E-state index contributed by atoms with van der Waals surface area (Å²) in [6.07, 6.45) is 0. The lowest BCUT2D eigenvalue weighted by atomic mass is 10.2. The molecule has 1 N–H and O–H groups in total. The Bertz CT molecular complexity index is 970. The highest BCUT2D eigenvalue weighted by molar-refractivity contribution is 7.92. The molecule has 124 valence electrons. The van der Waals surface area contributed by atoms with E-state index < -0.39 is 15.8 Å². The average molecular weight is 347 g/mol. The summed E-state index contributed by atoms with van der Waals surface area (Å²) in [4.78, 5) is 4.23. The second kappa shape index (κ2) is 6.40. The fraction of sp³-hybridized carbons (Fsp3) is 0.125. The van der Waals surface area contributed by atoms with E-state index in [1.54, 1.807) is 43.3 Å². The predicted molar refractivity (Wildman–Crippen MR) is 88.2 cm³/mol. The van der Waals surface area contributed by atoms with Gasteiger partial charge >= 0.3 is 0 Å². The van der Waals surface area contributed by atoms with Gasteiger partial charge in [0.05, 0.1) is 5.75 Å². The Balaban J connectivity index is 1.90. The molecule has 0 atom stereocenters. The number of anilines is 1. The first-order chi connectivity index (χ1) is 11.5. The Hall–Kier alpha value is -2.74. The van der Waals surface area contributed by atoms with Gasteiger partial charge < -0.3 is 4.52 Å². The first-order valence-corrected chi connectivity index (χ1v) is 8.82. The van der Waals surface area contributed by atoms with Crippen LogP contribution in [0.1, 0.15) is 6.92 Å². The van der Waals surface area contributed by atoms with Crippen molar-refractivity contribution in [3.05, 3.63) is 54.3 Å². The van der Waals surface area contributed by atoms with Crippen molar-refractivity contribution in [1.82, 2.24) is 10.1 Å². The summed E-state index contributed by atoms with van der Waals surface area (Å²) in [7, 11) is -3.37. The summed E-state index contributed by atoms with van der Waals surface area (Å²) in [5, 5.41) is 3.86. The van der Waals surface area contributed by atoms with Gasteiger partial charge in [0.2, 0.25) is 15.8 Å². The Labute approximate surface area is 138 Å². The van der Waals surface area contributed by atoms with E-state index in [1.807, 2.05) is 0 Å². The van der Waals surface area contributed by atoms with Crippen molar-refractivity contribution in [2.24, 2.45) is 0 Å². The van der Waals surface area contributed by atoms with Gasteiger partial charge in [0.15, 0.2) is 0 Å². The van der Waals surface area contributed by atoms with Crippen molar-refractivity contribution in [2.45, 2.75) is 6.92 Å². The van der Waals surface area contributed by atoms with Crippen molar-refractivity contribution < 1.29 is 17.3 Å². The number of rotatable bonds is 5.